The van der Waals surface area contributed by atoms with Crippen LogP contribution in [-0.4, -0.2) is 45.7 Å². The van der Waals surface area contributed by atoms with Crippen LogP contribution in [0.25, 0.3) is 0 Å². The highest BCUT2D eigenvalue weighted by Crippen LogP contribution is 2.03. The summed E-state index contributed by atoms with van der Waals surface area (Å²) < 4.78 is 27.7. The number of sulfone groups is 1. The molecule has 0 aromatic rings. The second-order valence-electron chi connectivity index (χ2n) is 4.81. The molecule has 0 spiro atoms. The van der Waals surface area contributed by atoms with Gasteiger partial charge < -0.3 is 10.1 Å². The van der Waals surface area contributed by atoms with E-state index in [4.69, 9.17) is 4.74 Å². The van der Waals surface area contributed by atoms with Gasteiger partial charge in [0.15, 0.2) is 0 Å². The predicted molar refractivity (Wildman–Crippen MR) is 72.1 cm³/mol. The molecule has 0 radical (unpaired) electrons. The minimum absolute atomic E-state index is 0.218. The normalized spacial score (nSPS) is 14.2. The predicted octanol–water partition coefficient (Wildman–Crippen LogP) is 1.60. The Morgan fingerprint density at radius 2 is 1.94 bits per heavy atom. The van der Waals surface area contributed by atoms with Crippen LogP contribution in [0.5, 0.6) is 0 Å². The summed E-state index contributed by atoms with van der Waals surface area (Å²) in [5.74, 6) is 0.263. The van der Waals surface area contributed by atoms with Gasteiger partial charge in [-0.25, -0.2) is 8.42 Å². The Hall–Kier alpha value is -0.130. The van der Waals surface area contributed by atoms with Crippen LogP contribution in [0, 0.1) is 0 Å². The van der Waals surface area contributed by atoms with Crippen LogP contribution in [0.2, 0.25) is 0 Å². The fourth-order valence-corrected chi connectivity index (χ4v) is 2.18. The smallest absolute Gasteiger partial charge is 0.147 e. The van der Waals surface area contributed by atoms with Crippen molar-refractivity contribution in [2.45, 2.75) is 52.2 Å². The molecule has 0 rings (SSSR count). The lowest BCUT2D eigenvalue weighted by Gasteiger charge is -2.19. The molecule has 0 saturated carbocycles. The molecule has 1 unspecified atom stereocenters. The van der Waals surface area contributed by atoms with E-state index >= 15 is 0 Å². The van der Waals surface area contributed by atoms with Crippen molar-refractivity contribution in [3.05, 3.63) is 0 Å². The van der Waals surface area contributed by atoms with Crippen LogP contribution >= 0.6 is 0 Å². The van der Waals surface area contributed by atoms with E-state index < -0.39 is 9.84 Å². The average Bonchev–Trinajstić information content (AvgIpc) is 2.19. The molecule has 0 fully saturated rings. The maximum atomic E-state index is 11.0. The summed E-state index contributed by atoms with van der Waals surface area (Å²) in [5.41, 5.74) is 0. The van der Waals surface area contributed by atoms with Crippen LogP contribution in [0.3, 0.4) is 0 Å². The Morgan fingerprint density at radius 3 is 2.41 bits per heavy atom. The van der Waals surface area contributed by atoms with Gasteiger partial charge in [0.05, 0.1) is 12.7 Å². The van der Waals surface area contributed by atoms with E-state index in [-0.39, 0.29) is 17.9 Å². The second-order valence-corrected chi connectivity index (χ2v) is 7.06. The number of rotatable bonds is 10. The SMILES string of the molecule is CCCNC(CCCS(C)(=O)=O)COC(C)C. The van der Waals surface area contributed by atoms with E-state index in [1.807, 2.05) is 13.8 Å². The molecule has 0 aromatic carbocycles. The van der Waals surface area contributed by atoms with E-state index in [0.717, 1.165) is 19.4 Å². The minimum atomic E-state index is -2.84. The van der Waals surface area contributed by atoms with Crippen LogP contribution in [0.15, 0.2) is 0 Å². The molecule has 0 saturated heterocycles. The molecule has 0 aliphatic rings. The molecule has 0 heterocycles. The Labute approximate surface area is 106 Å². The quantitative estimate of drug-likeness (QED) is 0.652. The Morgan fingerprint density at radius 1 is 1.29 bits per heavy atom. The molecule has 0 aliphatic heterocycles. The first-order chi connectivity index (χ1) is 7.85. The highest BCUT2D eigenvalue weighted by molar-refractivity contribution is 7.90. The molecule has 104 valence electrons. The van der Waals surface area contributed by atoms with E-state index in [1.54, 1.807) is 0 Å². The van der Waals surface area contributed by atoms with Crippen molar-refractivity contribution in [3.8, 4) is 0 Å². The molecule has 17 heavy (non-hydrogen) atoms. The number of hydrogen-bond acceptors (Lipinski definition) is 4. The zero-order chi connectivity index (χ0) is 13.3. The number of hydrogen-bond donors (Lipinski definition) is 1. The zero-order valence-corrected chi connectivity index (χ0v) is 12.3. The summed E-state index contributed by atoms with van der Waals surface area (Å²) in [5, 5.41) is 3.39. The summed E-state index contributed by atoms with van der Waals surface area (Å²) in [4.78, 5) is 0. The first-order valence-corrected chi connectivity index (χ1v) is 8.44. The number of nitrogens with one attached hydrogen (secondary N) is 1. The van der Waals surface area contributed by atoms with Gasteiger partial charge in [-0.1, -0.05) is 6.92 Å². The van der Waals surface area contributed by atoms with Gasteiger partial charge in [-0.3, -0.25) is 0 Å². The molecule has 0 amide bonds. The van der Waals surface area contributed by atoms with Gasteiger partial charge >= 0.3 is 0 Å². The van der Waals surface area contributed by atoms with Crippen molar-refractivity contribution in [1.82, 2.24) is 5.32 Å². The molecule has 4 nitrogen and oxygen atoms in total. The van der Waals surface area contributed by atoms with Gasteiger partial charge in [-0.05, 0) is 39.7 Å². The van der Waals surface area contributed by atoms with Crippen LogP contribution in [0.4, 0.5) is 0 Å². The van der Waals surface area contributed by atoms with Crippen molar-refractivity contribution < 1.29 is 13.2 Å². The first kappa shape index (κ1) is 16.9. The molecule has 1 atom stereocenters. The van der Waals surface area contributed by atoms with Gasteiger partial charge in [0, 0.05) is 18.1 Å². The van der Waals surface area contributed by atoms with Crippen LogP contribution < -0.4 is 5.32 Å². The largest absolute Gasteiger partial charge is 0.377 e. The van der Waals surface area contributed by atoms with Crippen molar-refractivity contribution in [2.75, 3.05) is 25.2 Å². The molecular weight excluding hydrogens is 238 g/mol. The maximum Gasteiger partial charge on any atom is 0.147 e. The molecule has 1 N–H and O–H groups in total. The third-order valence-corrected chi connectivity index (χ3v) is 3.41. The lowest BCUT2D eigenvalue weighted by Crippen LogP contribution is -2.35. The molecule has 0 bridgehead atoms. The van der Waals surface area contributed by atoms with Gasteiger partial charge in [-0.15, -0.1) is 0 Å². The Balaban J connectivity index is 3.92. The van der Waals surface area contributed by atoms with Crippen molar-refractivity contribution in [1.29, 1.82) is 0 Å². The Kier molecular flexibility index (Phi) is 8.82. The summed E-state index contributed by atoms with van der Waals surface area (Å²) in [6.07, 6.45) is 4.12. The Bertz CT molecular complexity index is 275. The summed E-state index contributed by atoms with van der Waals surface area (Å²) >= 11 is 0. The van der Waals surface area contributed by atoms with E-state index in [0.29, 0.717) is 13.0 Å². The average molecular weight is 265 g/mol. The molecule has 5 heteroatoms. The van der Waals surface area contributed by atoms with Gasteiger partial charge in [0.25, 0.3) is 0 Å². The lowest BCUT2D eigenvalue weighted by atomic mass is 10.2. The monoisotopic (exact) mass is 265 g/mol. The second kappa shape index (κ2) is 8.89. The van der Waals surface area contributed by atoms with Gasteiger partial charge in [0.1, 0.15) is 9.84 Å². The van der Waals surface area contributed by atoms with Gasteiger partial charge in [0.2, 0.25) is 0 Å². The minimum Gasteiger partial charge on any atom is -0.377 e. The van der Waals surface area contributed by atoms with Crippen molar-refractivity contribution in [2.24, 2.45) is 0 Å². The first-order valence-electron chi connectivity index (χ1n) is 6.38. The highest BCUT2D eigenvalue weighted by atomic mass is 32.2. The van der Waals surface area contributed by atoms with E-state index in [2.05, 4.69) is 12.2 Å². The third-order valence-electron chi connectivity index (χ3n) is 2.38. The fraction of sp³-hybridized carbons (Fsp3) is 1.00. The summed E-state index contributed by atoms with van der Waals surface area (Å²) in [7, 11) is -2.84. The van der Waals surface area contributed by atoms with Crippen molar-refractivity contribution >= 4 is 9.84 Å². The topological polar surface area (TPSA) is 55.4 Å². The molecular formula is C12H27NO3S. The van der Waals surface area contributed by atoms with E-state index in [9.17, 15) is 8.42 Å². The van der Waals surface area contributed by atoms with Crippen molar-refractivity contribution in [3.63, 3.8) is 0 Å². The highest BCUT2D eigenvalue weighted by Gasteiger charge is 2.10. The fourth-order valence-electron chi connectivity index (χ4n) is 1.49. The summed E-state index contributed by atoms with van der Waals surface area (Å²) in [6, 6.07) is 0.263. The lowest BCUT2D eigenvalue weighted by molar-refractivity contribution is 0.0594. The third kappa shape index (κ3) is 12.1. The van der Waals surface area contributed by atoms with Gasteiger partial charge in [-0.2, -0.15) is 0 Å². The van der Waals surface area contributed by atoms with E-state index in [1.165, 1.54) is 6.26 Å². The molecule has 0 aromatic heterocycles. The molecule has 0 aliphatic carbocycles. The van der Waals surface area contributed by atoms with Crippen LogP contribution in [-0.2, 0) is 14.6 Å². The standard InChI is InChI=1S/C12H27NO3S/c1-5-8-13-12(10-16-11(2)3)7-6-9-17(4,14)15/h11-13H,5-10H2,1-4H3. The maximum absolute atomic E-state index is 11.0. The zero-order valence-electron chi connectivity index (χ0n) is 11.5. The van der Waals surface area contributed by atoms with Crippen LogP contribution in [0.1, 0.15) is 40.0 Å². The summed E-state index contributed by atoms with van der Waals surface area (Å²) in [6.45, 7) is 7.73. The number of ether oxygens (including phenoxy) is 1.